The molecule has 0 fully saturated rings. The molecule has 0 spiro atoms. The maximum absolute atomic E-state index is 13.3. The number of hydrogen-bond acceptors (Lipinski definition) is 7. The molecule has 0 saturated heterocycles. The highest BCUT2D eigenvalue weighted by Gasteiger charge is 2.20. The number of aryl methyl sites for hydroxylation is 1. The first-order valence-corrected chi connectivity index (χ1v) is 10.9. The number of nitrogens with zero attached hydrogens (tertiary/aromatic N) is 3. The average molecular weight is 444 g/mol. The fourth-order valence-corrected chi connectivity index (χ4v) is 4.41. The number of benzene rings is 1. The van der Waals surface area contributed by atoms with Crippen LogP contribution in [0, 0.1) is 12.7 Å². The highest BCUT2D eigenvalue weighted by atomic mass is 32.2. The van der Waals surface area contributed by atoms with Crippen LogP contribution in [0.5, 0.6) is 0 Å². The second-order valence-electron chi connectivity index (χ2n) is 6.42. The molecule has 4 aromatic rings. The maximum atomic E-state index is 13.3. The summed E-state index contributed by atoms with van der Waals surface area (Å²) in [4.78, 5) is 13.6. The van der Waals surface area contributed by atoms with Crippen LogP contribution in [0.25, 0.3) is 11.4 Å². The van der Waals surface area contributed by atoms with Crippen LogP contribution in [0.4, 0.5) is 4.39 Å². The van der Waals surface area contributed by atoms with Crippen LogP contribution in [0.15, 0.2) is 63.7 Å². The molecule has 3 aromatic heterocycles. The average Bonchev–Trinajstić information content (AvgIpc) is 3.47. The molecule has 10 heteroatoms. The van der Waals surface area contributed by atoms with Gasteiger partial charge in [-0.3, -0.25) is 4.79 Å². The minimum Gasteiger partial charge on any atom is -0.469 e. The van der Waals surface area contributed by atoms with Gasteiger partial charge in [0.25, 0.3) is 0 Å². The predicted octanol–water partition coefficient (Wildman–Crippen LogP) is 3.76. The summed E-state index contributed by atoms with van der Waals surface area (Å²) in [5.41, 5.74) is 1.55. The third-order valence-corrected chi connectivity index (χ3v) is 6.31. The van der Waals surface area contributed by atoms with Gasteiger partial charge in [-0.25, -0.2) is 9.07 Å². The molecular weight excluding hydrogens is 425 g/mol. The Bertz CT molecular complexity index is 1140. The number of furan rings is 1. The number of carbonyl (C=O) groups is 1. The number of thioether (sulfide) groups is 1. The zero-order chi connectivity index (χ0) is 21.1. The molecule has 1 unspecified atom stereocenters. The smallest absolute Gasteiger partial charge is 0.231 e. The van der Waals surface area contributed by atoms with Crippen LogP contribution in [-0.2, 0) is 4.79 Å². The van der Waals surface area contributed by atoms with Gasteiger partial charge in [0.2, 0.25) is 11.1 Å². The largest absolute Gasteiger partial charge is 0.469 e. The number of hydrogen-bond donors (Lipinski definition) is 2. The molecule has 0 saturated carbocycles. The number of carbonyl (C=O) groups excluding carboxylic acids is 1. The normalized spacial score (nSPS) is 12.1. The summed E-state index contributed by atoms with van der Waals surface area (Å²) in [6.45, 7) is 1.81. The van der Waals surface area contributed by atoms with Gasteiger partial charge in [0.15, 0.2) is 5.82 Å². The summed E-state index contributed by atoms with van der Waals surface area (Å²) >= 11 is 2.70. The van der Waals surface area contributed by atoms with Crippen molar-refractivity contribution in [3.8, 4) is 11.4 Å². The molecule has 1 aromatic carbocycles. The van der Waals surface area contributed by atoms with Crippen molar-refractivity contribution in [3.05, 3.63) is 76.1 Å². The summed E-state index contributed by atoms with van der Waals surface area (Å²) in [6.07, 6.45) is 1.56. The number of amides is 1. The van der Waals surface area contributed by atoms with Gasteiger partial charge < -0.3 is 15.6 Å². The van der Waals surface area contributed by atoms with Gasteiger partial charge in [0.1, 0.15) is 11.6 Å². The van der Waals surface area contributed by atoms with Crippen LogP contribution < -0.4 is 11.2 Å². The van der Waals surface area contributed by atoms with Gasteiger partial charge in [0.05, 0.1) is 23.6 Å². The number of aromatic nitrogens is 3. The van der Waals surface area contributed by atoms with Gasteiger partial charge in [-0.05, 0) is 42.1 Å². The van der Waals surface area contributed by atoms with Gasteiger partial charge >= 0.3 is 0 Å². The molecule has 154 valence electrons. The fourth-order valence-electron chi connectivity index (χ4n) is 2.94. The second kappa shape index (κ2) is 8.72. The Morgan fingerprint density at radius 3 is 2.77 bits per heavy atom. The molecule has 7 nitrogen and oxygen atoms in total. The van der Waals surface area contributed by atoms with E-state index < -0.39 is 0 Å². The van der Waals surface area contributed by atoms with Crippen molar-refractivity contribution in [2.45, 2.75) is 18.1 Å². The highest BCUT2D eigenvalue weighted by Crippen LogP contribution is 2.28. The lowest BCUT2D eigenvalue weighted by Crippen LogP contribution is -2.30. The SMILES string of the molecule is Cc1occc1-c1nnc(SCC(=O)NC(c2ccc(F)cc2)c2cccs2)n1N. The zero-order valence-corrected chi connectivity index (χ0v) is 17.5. The van der Waals surface area contributed by atoms with E-state index in [4.69, 9.17) is 10.3 Å². The molecule has 3 N–H and O–H groups in total. The van der Waals surface area contributed by atoms with E-state index in [1.54, 1.807) is 24.5 Å². The molecule has 0 aliphatic heterocycles. The molecule has 0 aliphatic rings. The number of thiophene rings is 1. The molecular formula is C20H18FN5O2S2. The summed E-state index contributed by atoms with van der Waals surface area (Å²) in [5, 5.41) is 13.5. The van der Waals surface area contributed by atoms with Gasteiger partial charge in [-0.15, -0.1) is 21.5 Å². The Morgan fingerprint density at radius 1 is 1.30 bits per heavy atom. The Kier molecular flexibility index (Phi) is 5.86. The first-order chi connectivity index (χ1) is 14.5. The summed E-state index contributed by atoms with van der Waals surface area (Å²) < 4.78 is 19.9. The van der Waals surface area contributed by atoms with E-state index in [1.807, 2.05) is 24.4 Å². The molecule has 1 amide bonds. The van der Waals surface area contributed by atoms with Crippen molar-refractivity contribution in [2.75, 3.05) is 11.6 Å². The van der Waals surface area contributed by atoms with E-state index in [-0.39, 0.29) is 23.5 Å². The first kappa shape index (κ1) is 20.2. The predicted molar refractivity (Wildman–Crippen MR) is 114 cm³/mol. The van der Waals surface area contributed by atoms with Crippen molar-refractivity contribution in [3.63, 3.8) is 0 Å². The van der Waals surface area contributed by atoms with E-state index in [2.05, 4.69) is 15.5 Å². The third kappa shape index (κ3) is 4.24. The first-order valence-electron chi connectivity index (χ1n) is 8.99. The van der Waals surface area contributed by atoms with Crippen LogP contribution in [0.1, 0.15) is 22.2 Å². The molecule has 1 atom stereocenters. The summed E-state index contributed by atoms with van der Waals surface area (Å²) in [5.74, 6) is 6.82. The maximum Gasteiger partial charge on any atom is 0.231 e. The van der Waals surface area contributed by atoms with E-state index in [9.17, 15) is 9.18 Å². The highest BCUT2D eigenvalue weighted by molar-refractivity contribution is 7.99. The molecule has 4 rings (SSSR count). The quantitative estimate of drug-likeness (QED) is 0.333. The lowest BCUT2D eigenvalue weighted by molar-refractivity contribution is -0.119. The van der Waals surface area contributed by atoms with Crippen LogP contribution in [0.3, 0.4) is 0 Å². The topological polar surface area (TPSA) is 99.0 Å². The zero-order valence-electron chi connectivity index (χ0n) is 15.9. The third-order valence-electron chi connectivity index (χ3n) is 4.43. The summed E-state index contributed by atoms with van der Waals surface area (Å²) in [7, 11) is 0. The van der Waals surface area contributed by atoms with Crippen LogP contribution in [0.2, 0.25) is 0 Å². The van der Waals surface area contributed by atoms with E-state index in [1.165, 1.54) is 39.9 Å². The van der Waals surface area contributed by atoms with E-state index >= 15 is 0 Å². The van der Waals surface area contributed by atoms with E-state index in [0.717, 1.165) is 16.0 Å². The van der Waals surface area contributed by atoms with Crippen molar-refractivity contribution < 1.29 is 13.6 Å². The number of nitrogen functional groups attached to an aromatic ring is 1. The van der Waals surface area contributed by atoms with E-state index in [0.29, 0.717) is 16.7 Å². The lowest BCUT2D eigenvalue weighted by atomic mass is 10.1. The Morgan fingerprint density at radius 2 is 2.10 bits per heavy atom. The van der Waals surface area contributed by atoms with Crippen molar-refractivity contribution in [1.82, 2.24) is 20.2 Å². The van der Waals surface area contributed by atoms with Crippen molar-refractivity contribution >= 4 is 29.0 Å². The number of nitrogens with two attached hydrogens (primary N) is 1. The Labute approximate surface area is 180 Å². The number of nitrogens with one attached hydrogen (secondary N) is 1. The second-order valence-corrected chi connectivity index (χ2v) is 8.34. The monoisotopic (exact) mass is 443 g/mol. The molecule has 0 aliphatic carbocycles. The number of halogens is 1. The summed E-state index contributed by atoms with van der Waals surface area (Å²) in [6, 6.07) is 11.3. The van der Waals surface area contributed by atoms with Gasteiger partial charge in [0, 0.05) is 4.88 Å². The lowest BCUT2D eigenvalue weighted by Gasteiger charge is -2.18. The minimum absolute atomic E-state index is 0.1000. The molecule has 0 radical (unpaired) electrons. The standard InChI is InChI=1S/C20H18FN5O2S2/c1-12-15(8-9-28-12)19-24-25-20(26(19)22)30-11-17(27)23-18(16-3-2-10-29-16)13-4-6-14(21)7-5-13/h2-10,18H,11,22H2,1H3,(H,23,27). The molecule has 3 heterocycles. The van der Waals surface area contributed by atoms with Crippen molar-refractivity contribution in [2.24, 2.45) is 0 Å². The molecule has 0 bridgehead atoms. The van der Waals surface area contributed by atoms with Crippen molar-refractivity contribution in [1.29, 1.82) is 0 Å². The van der Waals surface area contributed by atoms with Gasteiger partial charge in [-0.1, -0.05) is 30.0 Å². The van der Waals surface area contributed by atoms with Crippen LogP contribution in [-0.4, -0.2) is 26.5 Å². The van der Waals surface area contributed by atoms with Crippen LogP contribution >= 0.6 is 23.1 Å². The Hall–Kier alpha value is -3.11. The minimum atomic E-state index is -0.362. The fraction of sp³-hybridized carbons (Fsp3) is 0.150. The number of rotatable bonds is 7. The molecule has 30 heavy (non-hydrogen) atoms. The Balaban J connectivity index is 1.45. The van der Waals surface area contributed by atoms with Gasteiger partial charge in [-0.2, -0.15) is 0 Å².